The quantitative estimate of drug-likeness (QED) is 0.907. The average Bonchev–Trinajstić information content (AvgIpc) is 2.32. The van der Waals surface area contributed by atoms with Gasteiger partial charge in [0.2, 0.25) is 11.8 Å². The van der Waals surface area contributed by atoms with Crippen LogP contribution < -0.4 is 10.2 Å². The van der Waals surface area contributed by atoms with E-state index in [9.17, 15) is 9.59 Å². The molecule has 0 radical (unpaired) electrons. The molecule has 0 spiro atoms. The lowest BCUT2D eigenvalue weighted by Gasteiger charge is -2.36. The molecule has 1 aliphatic heterocycles. The Kier molecular flexibility index (Phi) is 3.94. The lowest BCUT2D eigenvalue weighted by atomic mass is 10.0. The highest BCUT2D eigenvalue weighted by atomic mass is 79.9. The van der Waals surface area contributed by atoms with Crippen LogP contribution in [0.3, 0.4) is 0 Å². The van der Waals surface area contributed by atoms with Crippen molar-refractivity contribution in [1.29, 1.82) is 0 Å². The van der Waals surface area contributed by atoms with Crippen molar-refractivity contribution in [3.8, 4) is 0 Å². The summed E-state index contributed by atoms with van der Waals surface area (Å²) in [6.45, 7) is 5.94. The highest BCUT2D eigenvalue weighted by molar-refractivity contribution is 9.10. The molecule has 5 heteroatoms. The highest BCUT2D eigenvalue weighted by Gasteiger charge is 2.35. The summed E-state index contributed by atoms with van der Waals surface area (Å²) < 4.78 is 0.853. The van der Waals surface area contributed by atoms with Crippen LogP contribution in [0.1, 0.15) is 24.5 Å². The van der Waals surface area contributed by atoms with E-state index in [0.717, 1.165) is 21.3 Å². The van der Waals surface area contributed by atoms with E-state index in [4.69, 9.17) is 0 Å². The van der Waals surface area contributed by atoms with Crippen LogP contribution in [-0.4, -0.2) is 24.4 Å². The predicted molar refractivity (Wildman–Crippen MR) is 78.2 cm³/mol. The van der Waals surface area contributed by atoms with Crippen LogP contribution in [0, 0.1) is 13.8 Å². The van der Waals surface area contributed by atoms with Crippen LogP contribution in [0.25, 0.3) is 0 Å². The third-order valence-corrected chi connectivity index (χ3v) is 3.93. The van der Waals surface area contributed by atoms with Gasteiger partial charge in [-0.05, 0) is 53.4 Å². The minimum Gasteiger partial charge on any atom is -0.345 e. The third kappa shape index (κ3) is 2.52. The van der Waals surface area contributed by atoms with Crippen molar-refractivity contribution < 1.29 is 9.59 Å². The Morgan fingerprint density at radius 3 is 2.63 bits per heavy atom. The molecule has 1 atom stereocenters. The Hall–Kier alpha value is -1.36. The highest BCUT2D eigenvalue weighted by Crippen LogP contribution is 2.34. The third-order valence-electron chi connectivity index (χ3n) is 3.32. The van der Waals surface area contributed by atoms with E-state index in [-0.39, 0.29) is 18.4 Å². The van der Waals surface area contributed by atoms with E-state index in [2.05, 4.69) is 21.2 Å². The maximum Gasteiger partial charge on any atom is 0.247 e. The monoisotopic (exact) mass is 324 g/mol. The van der Waals surface area contributed by atoms with Gasteiger partial charge in [0.25, 0.3) is 0 Å². The molecule has 0 bridgehead atoms. The fourth-order valence-electron chi connectivity index (χ4n) is 2.52. The topological polar surface area (TPSA) is 49.4 Å². The lowest BCUT2D eigenvalue weighted by Crippen LogP contribution is -2.58. The molecule has 4 nitrogen and oxygen atoms in total. The summed E-state index contributed by atoms with van der Waals surface area (Å²) in [5.41, 5.74) is 2.92. The van der Waals surface area contributed by atoms with Crippen LogP contribution in [0.5, 0.6) is 0 Å². The molecule has 19 heavy (non-hydrogen) atoms. The van der Waals surface area contributed by atoms with Crippen LogP contribution in [0.15, 0.2) is 16.6 Å². The van der Waals surface area contributed by atoms with Gasteiger partial charge in [-0.15, -0.1) is 0 Å². The normalized spacial score (nSPS) is 19.6. The fourth-order valence-corrected chi connectivity index (χ4v) is 3.38. The van der Waals surface area contributed by atoms with Gasteiger partial charge in [0, 0.05) is 4.47 Å². The van der Waals surface area contributed by atoms with Crippen LogP contribution in [0.4, 0.5) is 5.69 Å². The second-order valence-corrected chi connectivity index (χ2v) is 5.67. The second kappa shape index (κ2) is 5.33. The maximum absolute atomic E-state index is 12.2. The van der Waals surface area contributed by atoms with Crippen molar-refractivity contribution in [3.05, 3.63) is 27.7 Å². The zero-order valence-corrected chi connectivity index (χ0v) is 12.9. The number of benzene rings is 1. The van der Waals surface area contributed by atoms with Crippen LogP contribution in [0.2, 0.25) is 0 Å². The molecule has 0 aromatic heterocycles. The molecular weight excluding hydrogens is 308 g/mol. The molecule has 1 saturated heterocycles. The predicted octanol–water partition coefficient (Wildman–Crippen LogP) is 2.31. The van der Waals surface area contributed by atoms with Gasteiger partial charge < -0.3 is 5.32 Å². The van der Waals surface area contributed by atoms with Gasteiger partial charge >= 0.3 is 0 Å². The van der Waals surface area contributed by atoms with Gasteiger partial charge in [0.05, 0.1) is 12.2 Å². The molecule has 1 N–H and O–H groups in total. The lowest BCUT2D eigenvalue weighted by molar-refractivity contribution is -0.131. The SMILES string of the molecule is CCC1C(=O)NCC(=O)N1c1c(C)cc(C)cc1Br. The van der Waals surface area contributed by atoms with Crippen molar-refractivity contribution in [3.63, 3.8) is 0 Å². The van der Waals surface area contributed by atoms with Crippen LogP contribution >= 0.6 is 15.9 Å². The first-order valence-corrected chi connectivity index (χ1v) is 7.11. The number of hydrogen-bond donors (Lipinski definition) is 1. The molecular formula is C14H17BrN2O2. The Morgan fingerprint density at radius 2 is 2.05 bits per heavy atom. The van der Waals surface area contributed by atoms with Gasteiger partial charge in [-0.25, -0.2) is 0 Å². The summed E-state index contributed by atoms with van der Waals surface area (Å²) in [4.78, 5) is 25.7. The van der Waals surface area contributed by atoms with Crippen molar-refractivity contribution in [2.45, 2.75) is 33.2 Å². The number of carbonyl (C=O) groups excluding carboxylic acids is 2. The number of nitrogens with one attached hydrogen (secondary N) is 1. The van der Waals surface area contributed by atoms with E-state index in [1.807, 2.05) is 32.9 Å². The van der Waals surface area contributed by atoms with Crippen LogP contribution in [-0.2, 0) is 9.59 Å². The number of nitrogens with zero attached hydrogens (tertiary/aromatic N) is 1. The molecule has 1 aromatic carbocycles. The first-order valence-electron chi connectivity index (χ1n) is 6.32. The van der Waals surface area contributed by atoms with Crippen molar-refractivity contribution in [2.75, 3.05) is 11.4 Å². The summed E-state index contributed by atoms with van der Waals surface area (Å²) in [6, 6.07) is 3.56. The van der Waals surface area contributed by atoms with Gasteiger partial charge in [0.1, 0.15) is 6.04 Å². The smallest absolute Gasteiger partial charge is 0.247 e. The van der Waals surface area contributed by atoms with E-state index in [1.54, 1.807) is 4.90 Å². The number of aryl methyl sites for hydroxylation is 2. The molecule has 2 rings (SSSR count). The summed E-state index contributed by atoms with van der Waals surface area (Å²) in [6.07, 6.45) is 0.595. The average molecular weight is 325 g/mol. The molecule has 0 saturated carbocycles. The molecule has 102 valence electrons. The molecule has 1 fully saturated rings. The second-order valence-electron chi connectivity index (χ2n) is 4.82. The molecule has 1 heterocycles. The van der Waals surface area contributed by atoms with Gasteiger partial charge in [-0.1, -0.05) is 13.0 Å². The number of hydrogen-bond acceptors (Lipinski definition) is 2. The zero-order valence-electron chi connectivity index (χ0n) is 11.3. The summed E-state index contributed by atoms with van der Waals surface area (Å²) in [5, 5.41) is 2.64. The minimum atomic E-state index is -0.432. The standard InChI is InChI=1S/C14H17BrN2O2/c1-4-11-14(19)16-7-12(18)17(11)13-9(3)5-8(2)6-10(13)15/h5-6,11H,4,7H2,1-3H3,(H,16,19). The summed E-state index contributed by atoms with van der Waals surface area (Å²) in [7, 11) is 0. The number of rotatable bonds is 2. The molecule has 1 aromatic rings. The Labute approximate surface area is 121 Å². The van der Waals surface area contributed by atoms with Crippen molar-refractivity contribution in [2.24, 2.45) is 0 Å². The fraction of sp³-hybridized carbons (Fsp3) is 0.429. The number of halogens is 1. The van der Waals surface area contributed by atoms with E-state index >= 15 is 0 Å². The van der Waals surface area contributed by atoms with Crippen molar-refractivity contribution >= 4 is 33.4 Å². The molecule has 2 amide bonds. The number of piperazine rings is 1. The van der Waals surface area contributed by atoms with E-state index in [1.165, 1.54) is 0 Å². The first-order chi connectivity index (χ1) is 8.95. The maximum atomic E-state index is 12.2. The number of carbonyl (C=O) groups is 2. The van der Waals surface area contributed by atoms with Gasteiger partial charge in [-0.3, -0.25) is 14.5 Å². The number of amides is 2. The minimum absolute atomic E-state index is 0.0646. The Balaban J connectivity index is 2.54. The van der Waals surface area contributed by atoms with Gasteiger partial charge in [-0.2, -0.15) is 0 Å². The zero-order chi connectivity index (χ0) is 14.2. The van der Waals surface area contributed by atoms with Gasteiger partial charge in [0.15, 0.2) is 0 Å². The molecule has 1 unspecified atom stereocenters. The molecule has 1 aliphatic rings. The molecule has 0 aliphatic carbocycles. The first kappa shape index (κ1) is 14.1. The summed E-state index contributed by atoms with van der Waals surface area (Å²) in [5.74, 6) is -0.159. The Bertz CT molecular complexity index is 519. The van der Waals surface area contributed by atoms with E-state index in [0.29, 0.717) is 6.42 Å². The van der Waals surface area contributed by atoms with E-state index < -0.39 is 6.04 Å². The number of anilines is 1. The Morgan fingerprint density at radius 1 is 1.37 bits per heavy atom. The summed E-state index contributed by atoms with van der Waals surface area (Å²) >= 11 is 3.51. The largest absolute Gasteiger partial charge is 0.345 e. The van der Waals surface area contributed by atoms with Crippen molar-refractivity contribution in [1.82, 2.24) is 5.32 Å².